The van der Waals surface area contributed by atoms with Crippen LogP contribution in [0.3, 0.4) is 0 Å². The molecule has 2 aliphatic rings. The van der Waals surface area contributed by atoms with Gasteiger partial charge in [0.1, 0.15) is 23.1 Å². The maximum Gasteiger partial charge on any atom is 0.429 e. The average molecular weight is 493 g/mol. The fourth-order valence-electron chi connectivity index (χ4n) is 3.60. The fraction of sp³-hybridized carbons (Fsp3) is 0.652. The molecule has 0 saturated carbocycles. The third kappa shape index (κ3) is 6.87. The maximum absolute atomic E-state index is 12.9. The smallest absolute Gasteiger partial charge is 0.429 e. The van der Waals surface area contributed by atoms with Gasteiger partial charge in [-0.15, -0.1) is 0 Å². The molecule has 2 aliphatic heterocycles. The van der Waals surface area contributed by atoms with Gasteiger partial charge in [-0.3, -0.25) is 4.90 Å². The molecule has 1 atom stereocenters. The van der Waals surface area contributed by atoms with Gasteiger partial charge in [0.25, 0.3) is 0 Å². The second-order valence-corrected chi connectivity index (χ2v) is 10.4. The molecule has 0 aliphatic carbocycles. The number of cyclic esters (lactones) is 1. The number of aromatic nitrogens is 1. The number of carbonyl (C=O) groups excluding carboxylic acids is 3. The van der Waals surface area contributed by atoms with E-state index >= 15 is 0 Å². The van der Waals surface area contributed by atoms with Gasteiger partial charge < -0.3 is 24.8 Å². The molecule has 1 aromatic rings. The summed E-state index contributed by atoms with van der Waals surface area (Å²) < 4.78 is 16.3. The number of hydrogen-bond donors (Lipinski definition) is 1. The number of anilines is 2. The standard InChI is InChI=1S/C23H36N6O6/c1-22(2,3)34-20(31)28-11-9-26(10-12-29(28)21(32)35-23(4,5)6)18-8-7-16(14-25-18)27-15-17(13-24)33-19(27)30/h7-8,14,17H,9-13,15,24H2,1-6H3/t17-/m0/s1. The molecule has 0 spiro atoms. The number of nitrogens with two attached hydrogens (primary N) is 1. The van der Waals surface area contributed by atoms with E-state index in [9.17, 15) is 14.4 Å². The Morgan fingerprint density at radius 1 is 1.00 bits per heavy atom. The van der Waals surface area contributed by atoms with Gasteiger partial charge in [0, 0.05) is 19.6 Å². The van der Waals surface area contributed by atoms with Crippen LogP contribution < -0.4 is 15.5 Å². The molecule has 12 heteroatoms. The van der Waals surface area contributed by atoms with Gasteiger partial charge in [-0.2, -0.15) is 0 Å². The number of amides is 3. The van der Waals surface area contributed by atoms with Crippen molar-refractivity contribution in [3.63, 3.8) is 0 Å². The summed E-state index contributed by atoms with van der Waals surface area (Å²) in [6.45, 7) is 12.4. The van der Waals surface area contributed by atoms with Crippen molar-refractivity contribution in [1.29, 1.82) is 0 Å². The second kappa shape index (κ2) is 10.1. The van der Waals surface area contributed by atoms with E-state index in [1.807, 2.05) is 4.90 Å². The first kappa shape index (κ1) is 26.3. The van der Waals surface area contributed by atoms with Gasteiger partial charge in [0.2, 0.25) is 0 Å². The maximum atomic E-state index is 12.9. The summed E-state index contributed by atoms with van der Waals surface area (Å²) in [7, 11) is 0. The van der Waals surface area contributed by atoms with Gasteiger partial charge in [0.05, 0.1) is 31.5 Å². The Morgan fingerprint density at radius 2 is 1.54 bits per heavy atom. The van der Waals surface area contributed by atoms with Crippen LogP contribution in [0.25, 0.3) is 0 Å². The molecule has 2 N–H and O–H groups in total. The predicted molar refractivity (Wildman–Crippen MR) is 129 cm³/mol. The minimum atomic E-state index is -0.723. The van der Waals surface area contributed by atoms with E-state index < -0.39 is 29.5 Å². The molecule has 0 aromatic carbocycles. The van der Waals surface area contributed by atoms with Gasteiger partial charge in [-0.25, -0.2) is 29.4 Å². The first-order valence-corrected chi connectivity index (χ1v) is 11.7. The van der Waals surface area contributed by atoms with E-state index in [1.165, 1.54) is 14.9 Å². The molecule has 194 valence electrons. The van der Waals surface area contributed by atoms with Crippen LogP contribution in [-0.4, -0.2) is 89.9 Å². The third-order valence-electron chi connectivity index (χ3n) is 5.17. The number of ether oxygens (including phenoxy) is 3. The van der Waals surface area contributed by atoms with Gasteiger partial charge in [-0.05, 0) is 53.7 Å². The largest absolute Gasteiger partial charge is 0.443 e. The number of rotatable bonds is 3. The normalized spacial score (nSPS) is 19.4. The van der Waals surface area contributed by atoms with Crippen molar-refractivity contribution in [1.82, 2.24) is 15.0 Å². The van der Waals surface area contributed by atoms with Crippen molar-refractivity contribution >= 4 is 29.8 Å². The van der Waals surface area contributed by atoms with Crippen molar-refractivity contribution in [2.24, 2.45) is 5.73 Å². The monoisotopic (exact) mass is 492 g/mol. The quantitative estimate of drug-likeness (QED) is 0.633. The summed E-state index contributed by atoms with van der Waals surface area (Å²) in [6.07, 6.45) is -0.459. The molecule has 1 aromatic heterocycles. The predicted octanol–water partition coefficient (Wildman–Crippen LogP) is 2.57. The molecule has 0 unspecified atom stereocenters. The van der Waals surface area contributed by atoms with Crippen molar-refractivity contribution < 1.29 is 28.6 Å². The molecule has 0 bridgehead atoms. The molecule has 3 heterocycles. The third-order valence-corrected chi connectivity index (χ3v) is 5.17. The average Bonchev–Trinajstić information content (AvgIpc) is 2.98. The summed E-state index contributed by atoms with van der Waals surface area (Å²) in [6, 6.07) is 3.57. The van der Waals surface area contributed by atoms with Crippen LogP contribution >= 0.6 is 0 Å². The van der Waals surface area contributed by atoms with Crippen LogP contribution in [0.4, 0.5) is 25.9 Å². The molecule has 0 radical (unpaired) electrons. The van der Waals surface area contributed by atoms with E-state index in [0.717, 1.165) is 0 Å². The van der Waals surface area contributed by atoms with Crippen LogP contribution in [-0.2, 0) is 14.2 Å². The van der Waals surface area contributed by atoms with Crippen LogP contribution in [0.15, 0.2) is 18.3 Å². The number of nitrogens with zero attached hydrogens (tertiary/aromatic N) is 5. The summed E-state index contributed by atoms with van der Waals surface area (Å²) in [5, 5.41) is 2.56. The zero-order valence-corrected chi connectivity index (χ0v) is 21.3. The van der Waals surface area contributed by atoms with Gasteiger partial charge in [-0.1, -0.05) is 0 Å². The summed E-state index contributed by atoms with van der Waals surface area (Å²) in [5.74, 6) is 0.645. The van der Waals surface area contributed by atoms with Crippen molar-refractivity contribution in [2.45, 2.75) is 58.8 Å². The number of hydrogen-bond acceptors (Lipinski definition) is 9. The first-order valence-electron chi connectivity index (χ1n) is 11.7. The SMILES string of the molecule is CC(C)(C)OC(=O)N1CCN(c2ccc(N3C[C@H](CN)OC3=O)cn2)CCN1C(=O)OC(C)(C)C. The Morgan fingerprint density at radius 3 is 1.94 bits per heavy atom. The molecule has 3 rings (SSSR count). The Bertz CT molecular complexity index is 888. The van der Waals surface area contributed by atoms with E-state index in [0.29, 0.717) is 31.1 Å². The minimum Gasteiger partial charge on any atom is -0.443 e. The lowest BCUT2D eigenvalue weighted by Gasteiger charge is -2.35. The molecule has 2 saturated heterocycles. The molecular formula is C23H36N6O6. The van der Waals surface area contributed by atoms with E-state index in [2.05, 4.69) is 4.98 Å². The van der Waals surface area contributed by atoms with Crippen molar-refractivity contribution in [3.8, 4) is 0 Å². The first-order chi connectivity index (χ1) is 16.3. The number of carbonyl (C=O) groups is 3. The van der Waals surface area contributed by atoms with E-state index in [1.54, 1.807) is 59.9 Å². The topological polar surface area (TPSA) is 131 Å². The zero-order valence-electron chi connectivity index (χ0n) is 21.3. The second-order valence-electron chi connectivity index (χ2n) is 10.4. The summed E-state index contributed by atoms with van der Waals surface area (Å²) in [4.78, 5) is 45.9. The molecule has 35 heavy (non-hydrogen) atoms. The highest BCUT2D eigenvalue weighted by Crippen LogP contribution is 2.24. The van der Waals surface area contributed by atoms with Crippen LogP contribution in [0, 0.1) is 0 Å². The van der Waals surface area contributed by atoms with Gasteiger partial charge >= 0.3 is 18.3 Å². The highest BCUT2D eigenvalue weighted by atomic mass is 16.6. The van der Waals surface area contributed by atoms with Crippen LogP contribution in [0.2, 0.25) is 0 Å². The molecule has 12 nitrogen and oxygen atoms in total. The van der Waals surface area contributed by atoms with E-state index in [-0.39, 0.29) is 25.7 Å². The Hall–Kier alpha value is -3.28. The van der Waals surface area contributed by atoms with Crippen molar-refractivity contribution in [2.75, 3.05) is 49.1 Å². The minimum absolute atomic E-state index is 0.189. The van der Waals surface area contributed by atoms with Gasteiger partial charge in [0.15, 0.2) is 0 Å². The Labute approximate surface area is 205 Å². The van der Waals surface area contributed by atoms with Crippen LogP contribution in [0.5, 0.6) is 0 Å². The van der Waals surface area contributed by atoms with Crippen LogP contribution in [0.1, 0.15) is 41.5 Å². The Balaban J connectivity index is 1.76. The molecule has 3 amide bonds. The lowest BCUT2D eigenvalue weighted by Crippen LogP contribution is -2.53. The Kier molecular flexibility index (Phi) is 7.63. The summed E-state index contributed by atoms with van der Waals surface area (Å²) in [5.41, 5.74) is 4.77. The molecule has 2 fully saturated rings. The highest BCUT2D eigenvalue weighted by Gasteiger charge is 2.36. The van der Waals surface area contributed by atoms with Crippen molar-refractivity contribution in [3.05, 3.63) is 18.3 Å². The highest BCUT2D eigenvalue weighted by molar-refractivity contribution is 5.89. The molecular weight excluding hydrogens is 456 g/mol. The lowest BCUT2D eigenvalue weighted by atomic mass is 10.2. The van der Waals surface area contributed by atoms with E-state index in [4.69, 9.17) is 19.9 Å². The number of pyridine rings is 1. The summed E-state index contributed by atoms with van der Waals surface area (Å²) >= 11 is 0. The lowest BCUT2D eigenvalue weighted by molar-refractivity contribution is -0.0572. The number of hydrazine groups is 1. The zero-order chi connectivity index (χ0) is 26.0. The fourth-order valence-corrected chi connectivity index (χ4v) is 3.60.